The van der Waals surface area contributed by atoms with Crippen LogP contribution in [-0.4, -0.2) is 40.8 Å². The molecule has 3 rings (SSSR count). The normalized spacial score (nSPS) is 10.9. The number of carbonyl (C=O) groups is 1. The third kappa shape index (κ3) is 5.38. The standard InChI is InChI=1S/C25H28N4O5/c1-6-21-28-20(14-22(30)29(21)7-2)23(31)26-15-18-13-17-12-16(25(33-8-3)34-9-4)10-11-19(17)24(27-18)32-5/h6-7,10-14,25H,1-2,8-9,15H2,3-5H3,(H,26,31). The smallest absolute Gasteiger partial charge is 0.270 e. The molecule has 0 radical (unpaired) electrons. The van der Waals surface area contributed by atoms with Gasteiger partial charge in [-0.15, -0.1) is 0 Å². The Balaban J connectivity index is 1.88. The van der Waals surface area contributed by atoms with Crippen LogP contribution < -0.4 is 15.6 Å². The number of rotatable bonds is 11. The molecule has 2 heterocycles. The minimum absolute atomic E-state index is 0.0238. The highest BCUT2D eigenvalue weighted by Gasteiger charge is 2.16. The van der Waals surface area contributed by atoms with Gasteiger partial charge in [0.1, 0.15) is 11.5 Å². The van der Waals surface area contributed by atoms with Crippen molar-refractivity contribution < 1.29 is 19.0 Å². The zero-order valence-corrected chi connectivity index (χ0v) is 19.5. The summed E-state index contributed by atoms with van der Waals surface area (Å²) >= 11 is 0. The fourth-order valence-electron chi connectivity index (χ4n) is 3.45. The zero-order valence-electron chi connectivity index (χ0n) is 19.5. The first-order chi connectivity index (χ1) is 16.4. The molecular formula is C25H28N4O5. The lowest BCUT2D eigenvalue weighted by molar-refractivity contribution is -0.140. The number of hydrogen-bond donors (Lipinski definition) is 1. The van der Waals surface area contributed by atoms with Gasteiger partial charge in [-0.1, -0.05) is 19.2 Å². The molecule has 34 heavy (non-hydrogen) atoms. The number of fused-ring (bicyclic) bond motifs is 1. The van der Waals surface area contributed by atoms with Gasteiger partial charge in [-0.3, -0.25) is 14.2 Å². The summed E-state index contributed by atoms with van der Waals surface area (Å²) in [7, 11) is 1.54. The van der Waals surface area contributed by atoms with Crippen molar-refractivity contribution in [1.29, 1.82) is 0 Å². The van der Waals surface area contributed by atoms with Crippen molar-refractivity contribution >= 4 is 29.0 Å². The maximum absolute atomic E-state index is 12.7. The number of amides is 1. The number of pyridine rings is 1. The van der Waals surface area contributed by atoms with E-state index in [4.69, 9.17) is 14.2 Å². The summed E-state index contributed by atoms with van der Waals surface area (Å²) in [4.78, 5) is 33.6. The number of methoxy groups -OCH3 is 1. The topological polar surface area (TPSA) is 105 Å². The minimum Gasteiger partial charge on any atom is -0.481 e. The van der Waals surface area contributed by atoms with E-state index in [1.54, 1.807) is 0 Å². The van der Waals surface area contributed by atoms with Crippen LogP contribution in [0.25, 0.3) is 23.0 Å². The Morgan fingerprint density at radius 1 is 1.15 bits per heavy atom. The second kappa shape index (κ2) is 11.4. The number of benzene rings is 1. The van der Waals surface area contributed by atoms with Crippen molar-refractivity contribution in [2.24, 2.45) is 0 Å². The van der Waals surface area contributed by atoms with Crippen molar-refractivity contribution in [2.75, 3.05) is 20.3 Å². The first kappa shape index (κ1) is 24.8. The van der Waals surface area contributed by atoms with Crippen LogP contribution in [0.5, 0.6) is 5.88 Å². The van der Waals surface area contributed by atoms with Crippen LogP contribution >= 0.6 is 0 Å². The van der Waals surface area contributed by atoms with Crippen molar-refractivity contribution in [1.82, 2.24) is 19.9 Å². The Hall–Kier alpha value is -3.82. The summed E-state index contributed by atoms with van der Waals surface area (Å²) in [6.45, 7) is 12.1. The SMILES string of the molecule is C=Cc1nc(C(=O)NCc2cc3cc(C(OCC)OCC)ccc3c(OC)n2)cc(=O)n1C=C. The highest BCUT2D eigenvalue weighted by atomic mass is 16.7. The molecule has 9 nitrogen and oxygen atoms in total. The predicted molar refractivity (Wildman–Crippen MR) is 130 cm³/mol. The van der Waals surface area contributed by atoms with Gasteiger partial charge < -0.3 is 19.5 Å². The molecule has 0 fully saturated rings. The molecule has 1 N–H and O–H groups in total. The molecule has 0 aliphatic carbocycles. The lowest BCUT2D eigenvalue weighted by Crippen LogP contribution is -2.28. The fourth-order valence-corrected chi connectivity index (χ4v) is 3.45. The third-order valence-electron chi connectivity index (χ3n) is 4.98. The van der Waals surface area contributed by atoms with Crippen molar-refractivity contribution in [2.45, 2.75) is 26.7 Å². The summed E-state index contributed by atoms with van der Waals surface area (Å²) in [5.41, 5.74) is 0.983. The average molecular weight is 465 g/mol. The van der Waals surface area contributed by atoms with E-state index in [2.05, 4.69) is 28.4 Å². The Labute approximate surface area is 197 Å². The van der Waals surface area contributed by atoms with Gasteiger partial charge in [0.05, 0.1) is 19.3 Å². The summed E-state index contributed by atoms with van der Waals surface area (Å²) in [5, 5.41) is 4.43. The van der Waals surface area contributed by atoms with Gasteiger partial charge in [-0.25, -0.2) is 9.97 Å². The van der Waals surface area contributed by atoms with Gasteiger partial charge in [0.25, 0.3) is 11.5 Å². The molecule has 1 amide bonds. The maximum Gasteiger partial charge on any atom is 0.270 e. The first-order valence-corrected chi connectivity index (χ1v) is 10.8. The molecule has 0 saturated heterocycles. The largest absolute Gasteiger partial charge is 0.481 e. The Morgan fingerprint density at radius 2 is 1.88 bits per heavy atom. The molecular weight excluding hydrogens is 436 g/mol. The van der Waals surface area contributed by atoms with E-state index < -0.39 is 17.8 Å². The highest BCUT2D eigenvalue weighted by molar-refractivity contribution is 5.92. The number of ether oxygens (including phenoxy) is 3. The van der Waals surface area contributed by atoms with E-state index in [1.807, 2.05) is 38.1 Å². The van der Waals surface area contributed by atoms with Crippen LogP contribution in [0.4, 0.5) is 0 Å². The fraction of sp³-hybridized carbons (Fsp3) is 0.280. The number of carbonyl (C=O) groups excluding carboxylic acids is 1. The second-order valence-electron chi connectivity index (χ2n) is 7.12. The molecule has 0 aliphatic rings. The number of hydrogen-bond acceptors (Lipinski definition) is 7. The van der Waals surface area contributed by atoms with Crippen LogP contribution in [-0.2, 0) is 16.0 Å². The van der Waals surface area contributed by atoms with Gasteiger partial charge in [0, 0.05) is 36.4 Å². The van der Waals surface area contributed by atoms with Crippen LogP contribution in [0.3, 0.4) is 0 Å². The van der Waals surface area contributed by atoms with Crippen LogP contribution in [0.1, 0.15) is 47.7 Å². The molecule has 0 aliphatic heterocycles. The summed E-state index contributed by atoms with van der Waals surface area (Å²) in [5.74, 6) is 0.140. The maximum atomic E-state index is 12.7. The highest BCUT2D eigenvalue weighted by Crippen LogP contribution is 2.29. The van der Waals surface area contributed by atoms with Crippen LogP contribution in [0.15, 0.2) is 48.3 Å². The van der Waals surface area contributed by atoms with E-state index in [-0.39, 0.29) is 18.1 Å². The third-order valence-corrected chi connectivity index (χ3v) is 4.98. The molecule has 0 bridgehead atoms. The van der Waals surface area contributed by atoms with E-state index in [9.17, 15) is 9.59 Å². The van der Waals surface area contributed by atoms with Gasteiger partial charge in [-0.05, 0) is 43.5 Å². The van der Waals surface area contributed by atoms with Gasteiger partial charge in [0.2, 0.25) is 5.88 Å². The molecule has 9 heteroatoms. The Kier molecular flexibility index (Phi) is 8.29. The van der Waals surface area contributed by atoms with E-state index in [1.165, 1.54) is 24.0 Å². The van der Waals surface area contributed by atoms with Crippen molar-refractivity contribution in [3.8, 4) is 5.88 Å². The lowest BCUT2D eigenvalue weighted by atomic mass is 10.1. The van der Waals surface area contributed by atoms with Gasteiger partial charge >= 0.3 is 0 Å². The average Bonchev–Trinajstić information content (AvgIpc) is 2.85. The molecule has 1 aromatic carbocycles. The minimum atomic E-state index is -0.515. The molecule has 0 atom stereocenters. The monoisotopic (exact) mass is 464 g/mol. The van der Waals surface area contributed by atoms with E-state index >= 15 is 0 Å². The second-order valence-corrected chi connectivity index (χ2v) is 7.12. The molecule has 2 aromatic heterocycles. The summed E-state index contributed by atoms with van der Waals surface area (Å²) in [6.07, 6.45) is 2.21. The molecule has 0 spiro atoms. The van der Waals surface area contributed by atoms with Gasteiger partial charge in [0.15, 0.2) is 6.29 Å². The van der Waals surface area contributed by atoms with Crippen molar-refractivity contribution in [3.05, 3.63) is 76.6 Å². The molecule has 178 valence electrons. The van der Waals surface area contributed by atoms with Crippen molar-refractivity contribution in [3.63, 3.8) is 0 Å². The van der Waals surface area contributed by atoms with Gasteiger partial charge in [-0.2, -0.15) is 0 Å². The zero-order chi connectivity index (χ0) is 24.7. The first-order valence-electron chi connectivity index (χ1n) is 10.8. The number of aromatic nitrogens is 3. The van der Waals surface area contributed by atoms with Crippen LogP contribution in [0, 0.1) is 0 Å². The molecule has 0 saturated carbocycles. The Morgan fingerprint density at radius 3 is 2.50 bits per heavy atom. The van der Waals surface area contributed by atoms with E-state index in [0.29, 0.717) is 24.8 Å². The number of nitrogens with zero attached hydrogens (tertiary/aromatic N) is 3. The summed E-state index contributed by atoms with van der Waals surface area (Å²) < 4.78 is 18.1. The molecule has 3 aromatic rings. The quantitative estimate of drug-likeness (QED) is 0.433. The number of nitrogens with one attached hydrogen (secondary N) is 1. The lowest BCUT2D eigenvalue weighted by Gasteiger charge is -2.18. The Bertz CT molecular complexity index is 1260. The molecule has 0 unspecified atom stereocenters. The summed E-state index contributed by atoms with van der Waals surface area (Å²) in [6, 6.07) is 8.77. The predicted octanol–water partition coefficient (Wildman–Crippen LogP) is 3.55. The van der Waals surface area contributed by atoms with E-state index in [0.717, 1.165) is 22.4 Å². The van der Waals surface area contributed by atoms with Crippen LogP contribution in [0.2, 0.25) is 0 Å².